The highest BCUT2D eigenvalue weighted by Gasteiger charge is 2.27. The van der Waals surface area contributed by atoms with E-state index in [0.717, 1.165) is 49.8 Å². The van der Waals surface area contributed by atoms with Crippen LogP contribution >= 0.6 is 0 Å². The van der Waals surface area contributed by atoms with Gasteiger partial charge in [0, 0.05) is 44.6 Å². The maximum absolute atomic E-state index is 12.8. The van der Waals surface area contributed by atoms with E-state index in [1.54, 1.807) is 0 Å². The van der Waals surface area contributed by atoms with Gasteiger partial charge in [0.25, 0.3) is 0 Å². The van der Waals surface area contributed by atoms with Crippen molar-refractivity contribution in [1.29, 1.82) is 0 Å². The molecule has 0 saturated carbocycles. The number of piperazine rings is 1. The largest absolute Gasteiger partial charge is 0.338 e. The maximum Gasteiger partial charge on any atom is 0.247 e. The lowest BCUT2D eigenvalue weighted by Gasteiger charge is -2.35. The maximum atomic E-state index is 12.8. The molecule has 2 aromatic rings. The van der Waals surface area contributed by atoms with Crippen molar-refractivity contribution in [3.05, 3.63) is 47.5 Å². The molecule has 24 heavy (non-hydrogen) atoms. The lowest BCUT2D eigenvalue weighted by Crippen LogP contribution is -2.50. The molecule has 1 atom stereocenters. The summed E-state index contributed by atoms with van der Waals surface area (Å²) in [4.78, 5) is 21.4. The highest BCUT2D eigenvalue weighted by atomic mass is 16.2. The Morgan fingerprint density at radius 2 is 1.96 bits per heavy atom. The predicted octanol–water partition coefficient (Wildman–Crippen LogP) is 1.80. The highest BCUT2D eigenvalue weighted by molar-refractivity contribution is 5.80. The normalized spacial score (nSPS) is 17.0. The van der Waals surface area contributed by atoms with Crippen molar-refractivity contribution >= 4 is 5.91 Å². The minimum Gasteiger partial charge on any atom is -0.338 e. The van der Waals surface area contributed by atoms with Crippen LogP contribution in [0.25, 0.3) is 0 Å². The van der Waals surface area contributed by atoms with Gasteiger partial charge >= 0.3 is 0 Å². The van der Waals surface area contributed by atoms with Crippen LogP contribution in [0, 0.1) is 13.8 Å². The number of nitrogens with zero attached hydrogens (tertiary/aromatic N) is 5. The second-order valence-electron chi connectivity index (χ2n) is 6.47. The molecule has 0 spiro atoms. The average Bonchev–Trinajstić information content (AvgIpc) is 2.93. The number of rotatable bonds is 4. The summed E-state index contributed by atoms with van der Waals surface area (Å²) in [6, 6.07) is 7.75. The molecule has 3 heterocycles. The number of aryl methyl sites for hydroxylation is 2. The van der Waals surface area contributed by atoms with Gasteiger partial charge in [0.15, 0.2) is 0 Å². The molecule has 6 nitrogen and oxygen atoms in total. The Labute approximate surface area is 143 Å². The van der Waals surface area contributed by atoms with E-state index >= 15 is 0 Å². The molecule has 0 aliphatic carbocycles. The van der Waals surface area contributed by atoms with Crippen LogP contribution in [-0.4, -0.2) is 56.7 Å². The molecular weight excluding hydrogens is 302 g/mol. The van der Waals surface area contributed by atoms with E-state index in [2.05, 4.69) is 15.0 Å². The summed E-state index contributed by atoms with van der Waals surface area (Å²) in [5.41, 5.74) is 3.06. The van der Waals surface area contributed by atoms with E-state index in [9.17, 15) is 4.79 Å². The third kappa shape index (κ3) is 3.64. The van der Waals surface area contributed by atoms with Crippen molar-refractivity contribution in [2.45, 2.75) is 33.4 Å². The summed E-state index contributed by atoms with van der Waals surface area (Å²) in [6.07, 6.45) is 1.82. The molecule has 0 unspecified atom stereocenters. The summed E-state index contributed by atoms with van der Waals surface area (Å²) in [5.74, 6) is 0.152. The molecule has 3 rings (SSSR count). The molecule has 1 aliphatic heterocycles. The van der Waals surface area contributed by atoms with Gasteiger partial charge in [0.2, 0.25) is 5.91 Å². The van der Waals surface area contributed by atoms with E-state index in [4.69, 9.17) is 0 Å². The Hall–Kier alpha value is -2.21. The van der Waals surface area contributed by atoms with Gasteiger partial charge in [-0.25, -0.2) is 0 Å². The fraction of sp³-hybridized carbons (Fsp3) is 0.500. The molecule has 1 saturated heterocycles. The molecule has 1 fully saturated rings. The standard InChI is InChI=1S/C18H25N5O/c1-14-12-15(2)23(20-14)16(3)18(24)22-10-8-21(9-11-22)13-17-6-4-5-7-19-17/h4-7,12,16H,8-11,13H2,1-3H3/t16-/m1/s1. The van der Waals surface area contributed by atoms with Crippen LogP contribution in [-0.2, 0) is 11.3 Å². The van der Waals surface area contributed by atoms with Crippen LogP contribution in [0.1, 0.15) is 30.0 Å². The molecule has 0 bridgehead atoms. The van der Waals surface area contributed by atoms with Crippen LogP contribution in [0.3, 0.4) is 0 Å². The Morgan fingerprint density at radius 3 is 2.54 bits per heavy atom. The van der Waals surface area contributed by atoms with Crippen LogP contribution < -0.4 is 0 Å². The van der Waals surface area contributed by atoms with Crippen molar-refractivity contribution in [2.24, 2.45) is 0 Å². The number of aromatic nitrogens is 3. The van der Waals surface area contributed by atoms with Crippen molar-refractivity contribution in [3.8, 4) is 0 Å². The van der Waals surface area contributed by atoms with Gasteiger partial charge in [-0.1, -0.05) is 6.07 Å². The average molecular weight is 327 g/mol. The number of pyridine rings is 1. The van der Waals surface area contributed by atoms with Gasteiger partial charge in [-0.2, -0.15) is 5.10 Å². The van der Waals surface area contributed by atoms with Crippen molar-refractivity contribution in [3.63, 3.8) is 0 Å². The molecule has 6 heteroatoms. The van der Waals surface area contributed by atoms with E-state index in [-0.39, 0.29) is 11.9 Å². The number of carbonyl (C=O) groups is 1. The predicted molar refractivity (Wildman–Crippen MR) is 92.5 cm³/mol. The van der Waals surface area contributed by atoms with Gasteiger partial charge in [0.05, 0.1) is 11.4 Å². The van der Waals surface area contributed by atoms with E-state index in [1.807, 2.05) is 60.8 Å². The Balaban J connectivity index is 1.56. The molecule has 0 radical (unpaired) electrons. The first-order valence-corrected chi connectivity index (χ1v) is 8.48. The summed E-state index contributed by atoms with van der Waals surface area (Å²) >= 11 is 0. The number of hydrogen-bond donors (Lipinski definition) is 0. The van der Waals surface area contributed by atoms with Crippen molar-refractivity contribution in [2.75, 3.05) is 26.2 Å². The molecule has 1 aliphatic rings. The van der Waals surface area contributed by atoms with Crippen LogP contribution in [0.4, 0.5) is 0 Å². The molecule has 2 aromatic heterocycles. The minimum atomic E-state index is -0.249. The number of amides is 1. The molecule has 0 aromatic carbocycles. The topological polar surface area (TPSA) is 54.3 Å². The van der Waals surface area contributed by atoms with Gasteiger partial charge in [0.1, 0.15) is 6.04 Å². The Bertz CT molecular complexity index is 689. The molecule has 1 amide bonds. The number of carbonyl (C=O) groups excluding carboxylic acids is 1. The fourth-order valence-corrected chi connectivity index (χ4v) is 3.25. The van der Waals surface area contributed by atoms with Gasteiger partial charge in [-0.05, 0) is 39.0 Å². The van der Waals surface area contributed by atoms with E-state index in [1.165, 1.54) is 0 Å². The van der Waals surface area contributed by atoms with Crippen LogP contribution in [0.2, 0.25) is 0 Å². The first-order chi connectivity index (χ1) is 11.5. The lowest BCUT2D eigenvalue weighted by atomic mass is 10.2. The zero-order chi connectivity index (χ0) is 17.1. The summed E-state index contributed by atoms with van der Waals surface area (Å²) in [5, 5.41) is 4.45. The fourth-order valence-electron chi connectivity index (χ4n) is 3.25. The van der Waals surface area contributed by atoms with Gasteiger partial charge < -0.3 is 4.90 Å². The Kier molecular flexibility index (Phi) is 4.94. The van der Waals surface area contributed by atoms with E-state index < -0.39 is 0 Å². The third-order valence-corrected chi connectivity index (χ3v) is 4.56. The second-order valence-corrected chi connectivity index (χ2v) is 6.47. The van der Waals surface area contributed by atoms with Crippen molar-refractivity contribution in [1.82, 2.24) is 24.6 Å². The summed E-state index contributed by atoms with van der Waals surface area (Å²) < 4.78 is 1.83. The summed E-state index contributed by atoms with van der Waals surface area (Å²) in [6.45, 7) is 10.0. The SMILES string of the molecule is Cc1cc(C)n([C@H](C)C(=O)N2CCN(Cc3ccccn3)CC2)n1. The minimum absolute atomic E-state index is 0.152. The van der Waals surface area contributed by atoms with Crippen molar-refractivity contribution < 1.29 is 4.79 Å². The number of hydrogen-bond acceptors (Lipinski definition) is 4. The van der Waals surface area contributed by atoms with Gasteiger partial charge in [-0.3, -0.25) is 19.4 Å². The third-order valence-electron chi connectivity index (χ3n) is 4.56. The summed E-state index contributed by atoms with van der Waals surface area (Å²) in [7, 11) is 0. The second kappa shape index (κ2) is 7.13. The highest BCUT2D eigenvalue weighted by Crippen LogP contribution is 2.16. The molecule has 0 N–H and O–H groups in total. The van der Waals surface area contributed by atoms with Crippen LogP contribution in [0.15, 0.2) is 30.5 Å². The lowest BCUT2D eigenvalue weighted by molar-refractivity contribution is -0.136. The zero-order valence-corrected chi connectivity index (χ0v) is 14.6. The smallest absolute Gasteiger partial charge is 0.247 e. The zero-order valence-electron chi connectivity index (χ0n) is 14.6. The van der Waals surface area contributed by atoms with Crippen LogP contribution in [0.5, 0.6) is 0 Å². The Morgan fingerprint density at radius 1 is 1.21 bits per heavy atom. The van der Waals surface area contributed by atoms with E-state index in [0.29, 0.717) is 0 Å². The first-order valence-electron chi connectivity index (χ1n) is 8.48. The van der Waals surface area contributed by atoms with Gasteiger partial charge in [-0.15, -0.1) is 0 Å². The molecular formula is C18H25N5O. The first kappa shape index (κ1) is 16.6. The monoisotopic (exact) mass is 327 g/mol. The quantitative estimate of drug-likeness (QED) is 0.859. The molecule has 128 valence electrons.